The fourth-order valence-electron chi connectivity index (χ4n) is 5.64. The fraction of sp³-hybridized carbons (Fsp3) is 0.357. The predicted molar refractivity (Wildman–Crippen MR) is 138 cm³/mol. The van der Waals surface area contributed by atoms with E-state index in [1.807, 2.05) is 53.4 Å². The van der Waals surface area contributed by atoms with Crippen LogP contribution in [0.15, 0.2) is 60.9 Å². The van der Waals surface area contributed by atoms with Crippen LogP contribution in [-0.2, 0) is 28.1 Å². The number of imidazole rings is 1. The van der Waals surface area contributed by atoms with Gasteiger partial charge in [0.05, 0.1) is 0 Å². The molecule has 9 heteroatoms. The quantitative estimate of drug-likeness (QED) is 0.411. The van der Waals surface area contributed by atoms with Gasteiger partial charge in [-0.2, -0.15) is 0 Å². The second-order valence-corrected chi connectivity index (χ2v) is 10.2. The zero-order valence-electron chi connectivity index (χ0n) is 20.7. The van der Waals surface area contributed by atoms with Crippen LogP contribution in [0.4, 0.5) is 16.4 Å². The maximum atomic E-state index is 13.7. The minimum absolute atomic E-state index is 0.0507. The average Bonchev–Trinajstić information content (AvgIpc) is 3.44. The first-order valence-electron chi connectivity index (χ1n) is 12.8. The van der Waals surface area contributed by atoms with Crippen molar-refractivity contribution in [2.75, 3.05) is 11.9 Å². The van der Waals surface area contributed by atoms with Gasteiger partial charge < -0.3 is 20.5 Å². The summed E-state index contributed by atoms with van der Waals surface area (Å²) in [5, 5.41) is 6.14. The van der Waals surface area contributed by atoms with Crippen LogP contribution in [0.25, 0.3) is 0 Å². The van der Waals surface area contributed by atoms with Gasteiger partial charge in [-0.3, -0.25) is 14.5 Å². The van der Waals surface area contributed by atoms with Gasteiger partial charge in [0.2, 0.25) is 11.9 Å². The van der Waals surface area contributed by atoms with Crippen molar-refractivity contribution in [3.63, 3.8) is 0 Å². The summed E-state index contributed by atoms with van der Waals surface area (Å²) in [6.07, 6.45) is 6.71. The third-order valence-corrected chi connectivity index (χ3v) is 7.88. The number of fused-ring (bicyclic) bond motifs is 2. The Morgan fingerprint density at radius 3 is 2.76 bits per heavy atom. The maximum Gasteiger partial charge on any atom is 0.325 e. The molecule has 190 valence electrons. The van der Waals surface area contributed by atoms with Gasteiger partial charge in [0, 0.05) is 30.7 Å². The number of benzene rings is 2. The van der Waals surface area contributed by atoms with Crippen molar-refractivity contribution in [2.45, 2.75) is 50.7 Å². The van der Waals surface area contributed by atoms with E-state index in [0.29, 0.717) is 31.3 Å². The number of nitrogens with zero attached hydrogens (tertiary/aromatic N) is 3. The molecule has 0 bridgehead atoms. The molecule has 6 rings (SSSR count). The summed E-state index contributed by atoms with van der Waals surface area (Å²) >= 11 is 0. The lowest BCUT2D eigenvalue weighted by molar-refractivity contribution is -0.141. The smallest absolute Gasteiger partial charge is 0.325 e. The highest BCUT2D eigenvalue weighted by molar-refractivity contribution is 6.10. The molecule has 0 radical (unpaired) electrons. The summed E-state index contributed by atoms with van der Waals surface area (Å²) in [4.78, 5) is 50.4. The maximum absolute atomic E-state index is 13.7. The van der Waals surface area contributed by atoms with Gasteiger partial charge in [-0.25, -0.2) is 9.78 Å². The molecule has 1 aromatic heterocycles. The van der Waals surface area contributed by atoms with E-state index in [2.05, 4.69) is 27.5 Å². The highest BCUT2D eigenvalue weighted by Crippen LogP contribution is 2.42. The van der Waals surface area contributed by atoms with Crippen molar-refractivity contribution in [3.8, 4) is 0 Å². The summed E-state index contributed by atoms with van der Waals surface area (Å²) in [5.74, 6) is 0.533. The van der Waals surface area contributed by atoms with Gasteiger partial charge in [-0.15, -0.1) is 0 Å². The Bertz CT molecular complexity index is 1340. The number of amides is 4. The number of nitrogens with one attached hydrogen (secondary N) is 3. The molecule has 1 saturated carbocycles. The summed E-state index contributed by atoms with van der Waals surface area (Å²) in [6, 6.07) is 15.1. The molecule has 4 amide bonds. The zero-order valence-corrected chi connectivity index (χ0v) is 20.7. The summed E-state index contributed by atoms with van der Waals surface area (Å²) in [5.41, 5.74) is 2.54. The second-order valence-electron chi connectivity index (χ2n) is 10.2. The van der Waals surface area contributed by atoms with Crippen LogP contribution in [0.1, 0.15) is 42.9 Å². The Morgan fingerprint density at radius 1 is 1.22 bits per heavy atom. The molecular weight excluding hydrogens is 468 g/mol. The highest BCUT2D eigenvalue weighted by atomic mass is 16.2. The van der Waals surface area contributed by atoms with E-state index in [4.69, 9.17) is 0 Å². The molecule has 2 aliphatic carbocycles. The zero-order chi connectivity index (χ0) is 25.6. The Balaban J connectivity index is 1.21. The molecule has 3 aliphatic rings. The van der Waals surface area contributed by atoms with Crippen LogP contribution in [0.3, 0.4) is 0 Å². The number of rotatable bonds is 8. The lowest BCUT2D eigenvalue weighted by atomic mass is 9.91. The van der Waals surface area contributed by atoms with Crippen molar-refractivity contribution >= 4 is 29.5 Å². The molecule has 2 fully saturated rings. The normalized spacial score (nSPS) is 21.2. The first-order valence-corrected chi connectivity index (χ1v) is 12.8. The third kappa shape index (κ3) is 4.24. The van der Waals surface area contributed by atoms with Gasteiger partial charge >= 0.3 is 6.03 Å². The number of carbonyl (C=O) groups excluding carboxylic acids is 3. The topological polar surface area (TPSA) is 110 Å². The van der Waals surface area contributed by atoms with Crippen molar-refractivity contribution in [3.05, 3.63) is 77.6 Å². The van der Waals surface area contributed by atoms with Crippen molar-refractivity contribution in [1.82, 2.24) is 25.1 Å². The average molecular weight is 499 g/mol. The highest BCUT2D eigenvalue weighted by Gasteiger charge is 2.56. The van der Waals surface area contributed by atoms with E-state index in [1.165, 1.54) is 0 Å². The Labute approximate surface area is 215 Å². The van der Waals surface area contributed by atoms with Crippen molar-refractivity contribution in [1.29, 1.82) is 0 Å². The lowest BCUT2D eigenvalue weighted by Crippen LogP contribution is -2.47. The van der Waals surface area contributed by atoms with Gasteiger partial charge in [0.1, 0.15) is 12.1 Å². The summed E-state index contributed by atoms with van der Waals surface area (Å²) < 4.78 is 0. The molecule has 3 N–H and O–H groups in total. The van der Waals surface area contributed by atoms with E-state index in [-0.39, 0.29) is 24.4 Å². The van der Waals surface area contributed by atoms with Gasteiger partial charge in [-0.05, 0) is 67.3 Å². The van der Waals surface area contributed by atoms with Crippen LogP contribution >= 0.6 is 0 Å². The SMILES string of the molecule is C[C@@H](C1CC1)N(Cc1ccccc1)C(=O)CN1C(=O)NC2(CCc3cc(Nc4ncc[nH]4)ccc32)C1=O. The Hall–Kier alpha value is -4.14. The number of hydrogen-bond acceptors (Lipinski definition) is 5. The molecule has 3 aromatic rings. The molecule has 2 heterocycles. The van der Waals surface area contributed by atoms with E-state index < -0.39 is 11.6 Å². The number of hydrogen-bond donors (Lipinski definition) is 3. The Morgan fingerprint density at radius 2 is 2.03 bits per heavy atom. The minimum atomic E-state index is -1.12. The van der Waals surface area contributed by atoms with Crippen LogP contribution in [-0.4, -0.2) is 50.2 Å². The first-order chi connectivity index (χ1) is 17.9. The van der Waals surface area contributed by atoms with E-state index in [1.54, 1.807) is 12.4 Å². The number of H-pyrrole nitrogens is 1. The predicted octanol–water partition coefficient (Wildman–Crippen LogP) is 3.67. The number of urea groups is 1. The van der Waals surface area contributed by atoms with E-state index >= 15 is 0 Å². The number of anilines is 2. The second kappa shape index (κ2) is 9.06. The standard InChI is InChI=1S/C28H30N6O3/c1-18(20-7-8-20)33(16-19-5-3-2-4-6-19)24(35)17-34-25(36)28(32-27(34)37)12-11-21-15-22(9-10-23(21)28)31-26-29-13-14-30-26/h2-6,9-10,13-15,18,20H,7-8,11-12,16-17H2,1H3,(H,32,37)(H2,29,30,31)/t18-,28?/m0/s1. The molecule has 2 aromatic carbocycles. The molecule has 1 aliphatic heterocycles. The number of carbonyl (C=O) groups is 3. The molecule has 1 saturated heterocycles. The van der Waals surface area contributed by atoms with Gasteiger partial charge in [0.15, 0.2) is 0 Å². The first kappa shape index (κ1) is 23.3. The van der Waals surface area contributed by atoms with Crippen LogP contribution in [0.2, 0.25) is 0 Å². The molecule has 2 atom stereocenters. The number of aromatic amines is 1. The molecule has 1 spiro atoms. The van der Waals surface area contributed by atoms with Crippen LogP contribution in [0.5, 0.6) is 0 Å². The lowest BCUT2D eigenvalue weighted by Gasteiger charge is -2.31. The van der Waals surface area contributed by atoms with Gasteiger partial charge in [0.25, 0.3) is 5.91 Å². The van der Waals surface area contributed by atoms with Crippen LogP contribution in [0, 0.1) is 5.92 Å². The molecule has 37 heavy (non-hydrogen) atoms. The Kier molecular flexibility index (Phi) is 5.70. The number of imide groups is 1. The third-order valence-electron chi connectivity index (χ3n) is 7.88. The summed E-state index contributed by atoms with van der Waals surface area (Å²) in [7, 11) is 0. The number of aromatic nitrogens is 2. The fourth-order valence-corrected chi connectivity index (χ4v) is 5.64. The molecular formula is C28H30N6O3. The molecule has 9 nitrogen and oxygen atoms in total. The van der Waals surface area contributed by atoms with E-state index in [0.717, 1.165) is 40.1 Å². The largest absolute Gasteiger partial charge is 0.334 e. The van der Waals surface area contributed by atoms with Crippen molar-refractivity contribution in [2.24, 2.45) is 5.92 Å². The van der Waals surface area contributed by atoms with Gasteiger partial charge in [-0.1, -0.05) is 36.4 Å². The molecule has 1 unspecified atom stereocenters. The monoisotopic (exact) mass is 498 g/mol. The van der Waals surface area contributed by atoms with E-state index in [9.17, 15) is 14.4 Å². The minimum Gasteiger partial charge on any atom is -0.334 e. The van der Waals surface area contributed by atoms with Crippen molar-refractivity contribution < 1.29 is 14.4 Å². The van der Waals surface area contributed by atoms with Crippen LogP contribution < -0.4 is 10.6 Å². The summed E-state index contributed by atoms with van der Waals surface area (Å²) in [6.45, 7) is 2.26. The number of aryl methyl sites for hydroxylation is 1.